The molecule has 2 unspecified atom stereocenters. The fourth-order valence-electron chi connectivity index (χ4n) is 5.45. The Balaban J connectivity index is 1.84. The predicted molar refractivity (Wildman–Crippen MR) is 152 cm³/mol. The number of methoxy groups -OCH3 is 1. The van der Waals surface area contributed by atoms with E-state index >= 15 is 0 Å². The second-order valence-corrected chi connectivity index (χ2v) is 10.1. The Hall–Kier alpha value is -3.73. The third-order valence-electron chi connectivity index (χ3n) is 7.27. The quantitative estimate of drug-likeness (QED) is 0.264. The summed E-state index contributed by atoms with van der Waals surface area (Å²) in [4.78, 5) is 7.02. The summed E-state index contributed by atoms with van der Waals surface area (Å²) in [5.74, 6) is 0.125. The van der Waals surface area contributed by atoms with E-state index in [1.54, 1.807) is 7.11 Å². The molecule has 0 saturated heterocycles. The predicted octanol–water partition coefficient (Wildman–Crippen LogP) is 6.68. The summed E-state index contributed by atoms with van der Waals surface area (Å²) in [6, 6.07) is 33.1. The molecule has 37 heavy (non-hydrogen) atoms. The molecule has 4 nitrogen and oxygen atoms in total. The zero-order valence-electron chi connectivity index (χ0n) is 22.0. The molecule has 2 atom stereocenters. The van der Waals surface area contributed by atoms with Gasteiger partial charge in [-0.3, -0.25) is 0 Å². The molecule has 0 saturated carbocycles. The maximum Gasteiger partial charge on any atom is 0.217 e. The van der Waals surface area contributed by atoms with Crippen molar-refractivity contribution in [3.8, 4) is 5.88 Å². The van der Waals surface area contributed by atoms with Gasteiger partial charge in [-0.05, 0) is 67.5 Å². The van der Waals surface area contributed by atoms with Gasteiger partial charge in [-0.15, -0.1) is 0 Å². The Morgan fingerprint density at radius 3 is 2.35 bits per heavy atom. The molecule has 0 aliphatic heterocycles. The normalized spacial score (nSPS) is 14.1. The van der Waals surface area contributed by atoms with Gasteiger partial charge in [-0.25, -0.2) is 4.98 Å². The van der Waals surface area contributed by atoms with Crippen LogP contribution in [0.2, 0.25) is 0 Å². The smallest absolute Gasteiger partial charge is 0.217 e. The van der Waals surface area contributed by atoms with Gasteiger partial charge < -0.3 is 14.7 Å². The molecule has 1 aromatic heterocycles. The zero-order chi connectivity index (χ0) is 26.0. The van der Waals surface area contributed by atoms with Gasteiger partial charge in [-0.2, -0.15) is 0 Å². The monoisotopic (exact) mass is 490 g/mol. The summed E-state index contributed by atoms with van der Waals surface area (Å²) >= 11 is 0. The largest absolute Gasteiger partial charge is 0.481 e. The highest BCUT2D eigenvalue weighted by molar-refractivity contribution is 5.87. The van der Waals surface area contributed by atoms with Crippen molar-refractivity contribution in [1.29, 1.82) is 0 Å². The van der Waals surface area contributed by atoms with Crippen LogP contribution in [0, 0.1) is 6.92 Å². The summed E-state index contributed by atoms with van der Waals surface area (Å²) in [7, 11) is 5.74. The third-order valence-corrected chi connectivity index (χ3v) is 7.27. The van der Waals surface area contributed by atoms with E-state index in [1.807, 2.05) is 56.6 Å². The summed E-state index contributed by atoms with van der Waals surface area (Å²) in [5.41, 5.74) is 3.61. The van der Waals surface area contributed by atoms with E-state index in [4.69, 9.17) is 9.72 Å². The summed E-state index contributed by atoms with van der Waals surface area (Å²) in [5, 5.41) is 16.2. The molecule has 4 aromatic carbocycles. The molecule has 5 rings (SSSR count). The van der Waals surface area contributed by atoms with Crippen LogP contribution in [0.1, 0.15) is 34.6 Å². The van der Waals surface area contributed by atoms with Crippen LogP contribution in [0.4, 0.5) is 0 Å². The third kappa shape index (κ3) is 4.83. The van der Waals surface area contributed by atoms with Crippen LogP contribution in [-0.4, -0.2) is 42.7 Å². The van der Waals surface area contributed by atoms with Crippen LogP contribution in [0.5, 0.6) is 5.88 Å². The lowest BCUT2D eigenvalue weighted by Gasteiger charge is -2.39. The molecule has 1 N–H and O–H groups in total. The minimum atomic E-state index is -1.24. The molecule has 1 heterocycles. The molecule has 0 bridgehead atoms. The first-order valence-corrected chi connectivity index (χ1v) is 12.8. The van der Waals surface area contributed by atoms with Gasteiger partial charge in [0.15, 0.2) is 0 Å². The van der Waals surface area contributed by atoms with Crippen molar-refractivity contribution >= 4 is 21.7 Å². The number of aryl methyl sites for hydroxylation is 1. The molecule has 0 aliphatic carbocycles. The van der Waals surface area contributed by atoms with E-state index in [0.717, 1.165) is 38.4 Å². The topological polar surface area (TPSA) is 45.6 Å². The van der Waals surface area contributed by atoms with Gasteiger partial charge in [0.05, 0.1) is 12.6 Å². The number of ether oxygens (including phenoxy) is 1. The molecule has 0 radical (unpaired) electrons. The summed E-state index contributed by atoms with van der Waals surface area (Å²) in [6.45, 7) is 2.80. The maximum atomic E-state index is 13.0. The Bertz CT molecular complexity index is 1530. The van der Waals surface area contributed by atoms with E-state index in [2.05, 4.69) is 66.4 Å². The number of hydrogen-bond donors (Lipinski definition) is 1. The Morgan fingerprint density at radius 1 is 0.865 bits per heavy atom. The fourth-order valence-corrected chi connectivity index (χ4v) is 5.45. The van der Waals surface area contributed by atoms with Gasteiger partial charge in [0.2, 0.25) is 5.88 Å². The van der Waals surface area contributed by atoms with Crippen LogP contribution >= 0.6 is 0 Å². The van der Waals surface area contributed by atoms with Crippen molar-refractivity contribution in [2.75, 3.05) is 27.7 Å². The highest BCUT2D eigenvalue weighted by Crippen LogP contribution is 2.48. The average Bonchev–Trinajstić information content (AvgIpc) is 2.92. The molecule has 0 fully saturated rings. The summed E-state index contributed by atoms with van der Waals surface area (Å²) in [6.07, 6.45) is 0.530. The minimum Gasteiger partial charge on any atom is -0.481 e. The Kier molecular flexibility index (Phi) is 6.96. The molecule has 4 heteroatoms. The van der Waals surface area contributed by atoms with Gasteiger partial charge in [0.25, 0.3) is 0 Å². The molecule has 188 valence electrons. The second kappa shape index (κ2) is 10.3. The van der Waals surface area contributed by atoms with Crippen molar-refractivity contribution in [3.05, 3.63) is 119 Å². The summed E-state index contributed by atoms with van der Waals surface area (Å²) < 4.78 is 5.90. The molecular formula is C33H34N2O2. The molecular weight excluding hydrogens is 456 g/mol. The molecule has 0 aliphatic rings. The second-order valence-electron chi connectivity index (χ2n) is 10.1. The molecule has 0 spiro atoms. The first kappa shape index (κ1) is 24.9. The average molecular weight is 491 g/mol. The lowest BCUT2D eigenvalue weighted by Crippen LogP contribution is -2.38. The lowest BCUT2D eigenvalue weighted by molar-refractivity contribution is 0.00520. The minimum absolute atomic E-state index is 0.410. The van der Waals surface area contributed by atoms with Crippen molar-refractivity contribution in [2.24, 2.45) is 0 Å². The number of nitrogens with zero attached hydrogens (tertiary/aromatic N) is 2. The first-order valence-electron chi connectivity index (χ1n) is 12.8. The van der Waals surface area contributed by atoms with Gasteiger partial charge in [0, 0.05) is 23.4 Å². The molecule has 0 amide bonds. The van der Waals surface area contributed by atoms with Crippen molar-refractivity contribution in [2.45, 2.75) is 24.9 Å². The number of benzene rings is 4. The van der Waals surface area contributed by atoms with E-state index in [0.29, 0.717) is 18.8 Å². The van der Waals surface area contributed by atoms with Gasteiger partial charge in [0.1, 0.15) is 5.60 Å². The van der Waals surface area contributed by atoms with E-state index in [-0.39, 0.29) is 0 Å². The van der Waals surface area contributed by atoms with Crippen LogP contribution in [0.3, 0.4) is 0 Å². The number of fused-ring (bicyclic) bond motifs is 2. The van der Waals surface area contributed by atoms with E-state index in [9.17, 15) is 5.11 Å². The number of rotatable bonds is 8. The van der Waals surface area contributed by atoms with Crippen LogP contribution in [-0.2, 0) is 5.60 Å². The molecule has 5 aromatic rings. The SMILES string of the molecule is COc1nc2ccc(C)cc2cc1C(c1ccccc1)C(O)(CCN(C)C)c1cccc2ccccc12. The van der Waals surface area contributed by atoms with Crippen LogP contribution in [0.15, 0.2) is 97.1 Å². The van der Waals surface area contributed by atoms with E-state index < -0.39 is 11.5 Å². The first-order chi connectivity index (χ1) is 17.9. The van der Waals surface area contributed by atoms with Crippen LogP contribution < -0.4 is 4.74 Å². The van der Waals surface area contributed by atoms with Crippen molar-refractivity contribution in [1.82, 2.24) is 9.88 Å². The fraction of sp³-hybridized carbons (Fsp3) is 0.242. The Morgan fingerprint density at radius 2 is 1.59 bits per heavy atom. The van der Waals surface area contributed by atoms with Crippen molar-refractivity contribution < 1.29 is 9.84 Å². The highest BCUT2D eigenvalue weighted by atomic mass is 16.5. The number of aliphatic hydroxyl groups is 1. The van der Waals surface area contributed by atoms with Gasteiger partial charge in [-0.1, -0.05) is 84.4 Å². The Labute approximate surface area is 219 Å². The number of aromatic nitrogens is 1. The van der Waals surface area contributed by atoms with E-state index in [1.165, 1.54) is 5.56 Å². The highest BCUT2D eigenvalue weighted by Gasteiger charge is 2.43. The lowest BCUT2D eigenvalue weighted by atomic mass is 9.70. The number of hydrogen-bond acceptors (Lipinski definition) is 4. The number of pyridine rings is 1. The van der Waals surface area contributed by atoms with Gasteiger partial charge >= 0.3 is 0 Å². The standard InChI is InChI=1S/C33H34N2O2/c1-23-17-18-30-26(21-23)22-28(32(34-30)37-4)31(25-12-6-5-7-13-25)33(36,19-20-35(2)3)29-16-10-14-24-11-8-9-15-27(24)29/h5-18,21-22,31,36H,19-20H2,1-4H3. The zero-order valence-corrected chi connectivity index (χ0v) is 22.0. The van der Waals surface area contributed by atoms with Crippen molar-refractivity contribution in [3.63, 3.8) is 0 Å². The maximum absolute atomic E-state index is 13.0. The van der Waals surface area contributed by atoms with Crippen LogP contribution in [0.25, 0.3) is 21.7 Å².